The fourth-order valence-electron chi connectivity index (χ4n) is 2.68. The zero-order valence-electron chi connectivity index (χ0n) is 13.0. The molecule has 126 valence electrons. The van der Waals surface area contributed by atoms with Crippen molar-refractivity contribution in [2.24, 2.45) is 0 Å². The third kappa shape index (κ3) is 2.78. The highest BCUT2D eigenvalue weighted by Crippen LogP contribution is 2.21. The van der Waals surface area contributed by atoms with E-state index in [1.54, 1.807) is 18.2 Å². The van der Waals surface area contributed by atoms with Gasteiger partial charge in [0, 0.05) is 10.9 Å². The van der Waals surface area contributed by atoms with Crippen LogP contribution in [0.1, 0.15) is 5.76 Å². The van der Waals surface area contributed by atoms with Crippen LogP contribution < -0.4 is 10.9 Å². The number of rotatable bonds is 4. The van der Waals surface area contributed by atoms with Crippen molar-refractivity contribution in [1.29, 1.82) is 0 Å². The number of H-pyrrole nitrogens is 1. The van der Waals surface area contributed by atoms with Crippen LogP contribution in [0.25, 0.3) is 21.9 Å². The number of carbonyl (C=O) groups is 1. The summed E-state index contributed by atoms with van der Waals surface area (Å²) in [5, 5.41) is 3.19. The Labute approximate surface area is 140 Å². The summed E-state index contributed by atoms with van der Waals surface area (Å²) in [5.41, 5.74) is 0.837. The van der Waals surface area contributed by atoms with Gasteiger partial charge in [-0.1, -0.05) is 0 Å². The molecule has 0 aliphatic rings. The van der Waals surface area contributed by atoms with Crippen molar-refractivity contribution in [2.75, 3.05) is 0 Å². The first-order chi connectivity index (χ1) is 12.1. The summed E-state index contributed by atoms with van der Waals surface area (Å²) in [4.78, 5) is 31.7. The average Bonchev–Trinajstić information content (AvgIpc) is 3.23. The molecule has 0 saturated heterocycles. The number of nitrogens with zero attached hydrogens (tertiary/aromatic N) is 2. The highest BCUT2D eigenvalue weighted by atomic mass is 19.1. The highest BCUT2D eigenvalue weighted by Gasteiger charge is 2.13. The molecule has 4 aromatic rings. The normalized spacial score (nSPS) is 11.2. The van der Waals surface area contributed by atoms with Gasteiger partial charge in [0.2, 0.25) is 5.91 Å². The third-order valence-electron chi connectivity index (χ3n) is 3.89. The summed E-state index contributed by atoms with van der Waals surface area (Å²) < 4.78 is 19.7. The maximum absolute atomic E-state index is 13.4. The number of aromatic amines is 1. The first kappa shape index (κ1) is 15.1. The Bertz CT molecular complexity index is 1130. The SMILES string of the molecule is O=C(Cn1cnc2c([nH]c3ccc(F)cc32)c1=O)NCc1ccco1. The lowest BCUT2D eigenvalue weighted by molar-refractivity contribution is -0.122. The zero-order chi connectivity index (χ0) is 17.4. The molecule has 8 heteroatoms. The highest BCUT2D eigenvalue weighted by molar-refractivity contribution is 6.04. The van der Waals surface area contributed by atoms with Gasteiger partial charge in [0.1, 0.15) is 29.2 Å². The minimum atomic E-state index is -0.406. The molecule has 25 heavy (non-hydrogen) atoms. The van der Waals surface area contributed by atoms with Crippen LogP contribution in [0, 0.1) is 5.82 Å². The molecule has 7 nitrogen and oxygen atoms in total. The van der Waals surface area contributed by atoms with Crippen molar-refractivity contribution < 1.29 is 13.6 Å². The summed E-state index contributed by atoms with van der Waals surface area (Å²) in [6.07, 6.45) is 2.80. The first-order valence-corrected chi connectivity index (χ1v) is 7.57. The maximum Gasteiger partial charge on any atom is 0.278 e. The van der Waals surface area contributed by atoms with Crippen molar-refractivity contribution in [1.82, 2.24) is 19.9 Å². The van der Waals surface area contributed by atoms with Gasteiger partial charge in [-0.2, -0.15) is 0 Å². The van der Waals surface area contributed by atoms with Gasteiger partial charge in [-0.05, 0) is 30.3 Å². The molecule has 0 atom stereocenters. The summed E-state index contributed by atoms with van der Waals surface area (Å²) in [5.74, 6) is -0.134. The van der Waals surface area contributed by atoms with Crippen molar-refractivity contribution in [3.63, 3.8) is 0 Å². The van der Waals surface area contributed by atoms with Crippen LogP contribution in [0.15, 0.2) is 52.1 Å². The largest absolute Gasteiger partial charge is 0.467 e. The molecular weight excluding hydrogens is 327 g/mol. The topological polar surface area (TPSA) is 92.9 Å². The van der Waals surface area contributed by atoms with Gasteiger partial charge in [0.25, 0.3) is 5.56 Å². The fourth-order valence-corrected chi connectivity index (χ4v) is 2.68. The van der Waals surface area contributed by atoms with Crippen LogP contribution >= 0.6 is 0 Å². The van der Waals surface area contributed by atoms with E-state index in [-0.39, 0.29) is 24.5 Å². The number of fused-ring (bicyclic) bond motifs is 3. The Kier molecular flexibility index (Phi) is 3.57. The Morgan fingerprint density at radius 2 is 2.24 bits per heavy atom. The molecule has 1 aromatic carbocycles. The second-order valence-electron chi connectivity index (χ2n) is 5.57. The summed E-state index contributed by atoms with van der Waals surface area (Å²) >= 11 is 0. The number of halogens is 1. The standard InChI is InChI=1S/C17H13FN4O3/c18-10-3-4-13-12(6-10)15-16(21-13)17(24)22(9-20-15)8-14(23)19-7-11-2-1-5-25-11/h1-6,9,21H,7-8H2,(H,19,23). The molecule has 3 aromatic heterocycles. The smallest absolute Gasteiger partial charge is 0.278 e. The number of furan rings is 1. The number of hydrogen-bond acceptors (Lipinski definition) is 4. The van der Waals surface area contributed by atoms with E-state index in [2.05, 4.69) is 15.3 Å². The van der Waals surface area contributed by atoms with Crippen LogP contribution in [-0.2, 0) is 17.9 Å². The second kappa shape index (κ2) is 5.90. The zero-order valence-corrected chi connectivity index (χ0v) is 13.0. The van der Waals surface area contributed by atoms with E-state index in [1.807, 2.05) is 0 Å². The predicted molar refractivity (Wildman–Crippen MR) is 88.4 cm³/mol. The second-order valence-corrected chi connectivity index (χ2v) is 5.57. The Balaban J connectivity index is 1.62. The molecule has 0 radical (unpaired) electrons. The van der Waals surface area contributed by atoms with E-state index < -0.39 is 11.4 Å². The monoisotopic (exact) mass is 340 g/mol. The van der Waals surface area contributed by atoms with Gasteiger partial charge in [0.05, 0.1) is 19.1 Å². The molecule has 3 heterocycles. The summed E-state index contributed by atoms with van der Waals surface area (Å²) in [6.45, 7) is 0.0636. The van der Waals surface area contributed by atoms with Crippen LogP contribution in [0.2, 0.25) is 0 Å². The molecular formula is C17H13FN4O3. The van der Waals surface area contributed by atoms with E-state index in [0.717, 1.165) is 0 Å². The van der Waals surface area contributed by atoms with Gasteiger partial charge in [-0.15, -0.1) is 0 Å². The number of hydrogen-bond donors (Lipinski definition) is 2. The minimum Gasteiger partial charge on any atom is -0.467 e. The van der Waals surface area contributed by atoms with E-state index in [1.165, 1.54) is 29.3 Å². The number of nitrogens with one attached hydrogen (secondary N) is 2. The third-order valence-corrected chi connectivity index (χ3v) is 3.89. The molecule has 0 fully saturated rings. The maximum atomic E-state index is 13.4. The lowest BCUT2D eigenvalue weighted by Gasteiger charge is -2.06. The average molecular weight is 340 g/mol. The summed E-state index contributed by atoms with van der Waals surface area (Å²) in [6, 6.07) is 7.64. The molecule has 4 rings (SSSR count). The van der Waals surface area contributed by atoms with Gasteiger partial charge >= 0.3 is 0 Å². The predicted octanol–water partition coefficient (Wildman–Crippen LogP) is 1.93. The van der Waals surface area contributed by atoms with Crippen LogP contribution in [0.4, 0.5) is 4.39 Å². The molecule has 2 N–H and O–H groups in total. The fraction of sp³-hybridized carbons (Fsp3) is 0.118. The van der Waals surface area contributed by atoms with Gasteiger partial charge in [-0.3, -0.25) is 14.2 Å². The van der Waals surface area contributed by atoms with E-state index in [4.69, 9.17) is 4.42 Å². The number of amides is 1. The molecule has 0 aliphatic carbocycles. The van der Waals surface area contributed by atoms with Gasteiger partial charge < -0.3 is 14.7 Å². The van der Waals surface area contributed by atoms with Crippen LogP contribution in [-0.4, -0.2) is 20.4 Å². The minimum absolute atomic E-state index is 0.174. The first-order valence-electron chi connectivity index (χ1n) is 7.57. The van der Waals surface area contributed by atoms with E-state index in [9.17, 15) is 14.0 Å². The number of carbonyl (C=O) groups excluding carboxylic acids is 1. The van der Waals surface area contributed by atoms with Gasteiger partial charge in [-0.25, -0.2) is 9.37 Å². The van der Waals surface area contributed by atoms with Crippen LogP contribution in [0.3, 0.4) is 0 Å². The molecule has 0 saturated carbocycles. The van der Waals surface area contributed by atoms with Crippen molar-refractivity contribution >= 4 is 27.8 Å². The number of aromatic nitrogens is 3. The molecule has 0 aliphatic heterocycles. The van der Waals surface area contributed by atoms with Gasteiger partial charge in [0.15, 0.2) is 0 Å². The quantitative estimate of drug-likeness (QED) is 0.594. The molecule has 1 amide bonds. The Hall–Kier alpha value is -3.42. The lowest BCUT2D eigenvalue weighted by Crippen LogP contribution is -2.32. The Morgan fingerprint density at radius 3 is 3.04 bits per heavy atom. The lowest BCUT2D eigenvalue weighted by atomic mass is 10.2. The number of benzene rings is 1. The van der Waals surface area contributed by atoms with Crippen molar-refractivity contribution in [2.45, 2.75) is 13.1 Å². The van der Waals surface area contributed by atoms with Crippen molar-refractivity contribution in [3.8, 4) is 0 Å². The van der Waals surface area contributed by atoms with Crippen LogP contribution in [0.5, 0.6) is 0 Å². The molecule has 0 unspecified atom stereocenters. The van der Waals surface area contributed by atoms with E-state index in [0.29, 0.717) is 22.2 Å². The molecule has 0 spiro atoms. The van der Waals surface area contributed by atoms with E-state index >= 15 is 0 Å². The Morgan fingerprint density at radius 1 is 1.36 bits per heavy atom. The summed E-state index contributed by atoms with van der Waals surface area (Å²) in [7, 11) is 0. The van der Waals surface area contributed by atoms with Crippen molar-refractivity contribution in [3.05, 3.63) is 64.9 Å². The molecule has 0 bridgehead atoms.